The first-order chi connectivity index (χ1) is 14.5. The molecule has 0 spiro atoms. The number of nitrogens with zero attached hydrogens (tertiary/aromatic N) is 2. The first-order valence-electron chi connectivity index (χ1n) is 9.50. The minimum Gasteiger partial charge on any atom is -0.455 e. The number of hydrogen-bond donors (Lipinski definition) is 2. The summed E-state index contributed by atoms with van der Waals surface area (Å²) in [6, 6.07) is 12.1. The molecule has 0 radical (unpaired) electrons. The van der Waals surface area contributed by atoms with Crippen LogP contribution in [0.4, 0.5) is 5.82 Å². The molecule has 1 aromatic carbocycles. The average Bonchev–Trinajstić information content (AvgIpc) is 3.11. The molecule has 7 nitrogen and oxygen atoms in total. The molecular formula is C22H19ClN4O3. The number of benzene rings is 1. The average molecular weight is 423 g/mol. The maximum absolute atomic E-state index is 12.7. The zero-order valence-electron chi connectivity index (χ0n) is 16.2. The van der Waals surface area contributed by atoms with Gasteiger partial charge in [0.1, 0.15) is 11.6 Å². The van der Waals surface area contributed by atoms with Gasteiger partial charge in [-0.15, -0.1) is 0 Å². The van der Waals surface area contributed by atoms with Crippen molar-refractivity contribution in [1.29, 1.82) is 0 Å². The molecule has 1 aliphatic carbocycles. The van der Waals surface area contributed by atoms with Crippen molar-refractivity contribution < 1.29 is 14.0 Å². The summed E-state index contributed by atoms with van der Waals surface area (Å²) in [7, 11) is 0. The van der Waals surface area contributed by atoms with Crippen LogP contribution in [0.2, 0.25) is 5.02 Å². The number of anilines is 1. The first-order valence-corrected chi connectivity index (χ1v) is 9.88. The molecular weight excluding hydrogens is 404 g/mol. The van der Waals surface area contributed by atoms with Gasteiger partial charge in [0.15, 0.2) is 5.76 Å². The number of amides is 2. The third kappa shape index (κ3) is 4.11. The van der Waals surface area contributed by atoms with Crippen LogP contribution in [0.5, 0.6) is 0 Å². The molecule has 2 aromatic heterocycles. The number of aromatic nitrogens is 1. The second-order valence-electron chi connectivity index (χ2n) is 6.89. The second-order valence-corrected chi connectivity index (χ2v) is 7.33. The van der Waals surface area contributed by atoms with Crippen LogP contribution in [-0.2, 0) is 6.42 Å². The number of furan rings is 1. The van der Waals surface area contributed by atoms with Gasteiger partial charge >= 0.3 is 0 Å². The third-order valence-corrected chi connectivity index (χ3v) is 5.05. The molecule has 3 aromatic rings. The highest BCUT2D eigenvalue weighted by molar-refractivity contribution is 6.30. The normalized spacial score (nSPS) is 14.3. The van der Waals surface area contributed by atoms with E-state index in [4.69, 9.17) is 16.0 Å². The Morgan fingerprint density at radius 3 is 2.63 bits per heavy atom. The fraction of sp³-hybridized carbons (Fsp3) is 0.182. The lowest BCUT2D eigenvalue weighted by molar-refractivity contribution is 0.0953. The van der Waals surface area contributed by atoms with E-state index in [1.54, 1.807) is 36.4 Å². The summed E-state index contributed by atoms with van der Waals surface area (Å²) >= 11 is 5.83. The number of carbonyl (C=O) groups excluding carboxylic acids is 2. The molecule has 8 heteroatoms. The maximum Gasteiger partial charge on any atom is 0.292 e. The van der Waals surface area contributed by atoms with Gasteiger partial charge in [-0.05, 0) is 44.0 Å². The van der Waals surface area contributed by atoms with Crippen molar-refractivity contribution >= 4 is 34.9 Å². The fourth-order valence-electron chi connectivity index (χ4n) is 3.39. The Hall–Kier alpha value is -3.45. The summed E-state index contributed by atoms with van der Waals surface area (Å²) in [4.78, 5) is 29.1. The zero-order valence-corrected chi connectivity index (χ0v) is 17.0. The Kier molecular flexibility index (Phi) is 5.63. The van der Waals surface area contributed by atoms with Gasteiger partial charge in [-0.3, -0.25) is 9.59 Å². The topological polar surface area (TPSA) is 96.6 Å². The van der Waals surface area contributed by atoms with Gasteiger partial charge in [-0.2, -0.15) is 5.10 Å². The lowest BCUT2D eigenvalue weighted by Gasteiger charge is -2.13. The Balaban J connectivity index is 1.56. The highest BCUT2D eigenvalue weighted by Gasteiger charge is 2.28. The number of halogens is 1. The first kappa shape index (κ1) is 19.8. The van der Waals surface area contributed by atoms with Gasteiger partial charge in [0.05, 0.1) is 10.7 Å². The SMILES string of the molecule is Cc1c(C(=O)Nc2ccc(Cl)cn2)oc2c1/C(=N/NC(=O)c1ccccc1)CCC2. The van der Waals surface area contributed by atoms with Gasteiger partial charge in [0, 0.05) is 29.3 Å². The fourth-order valence-corrected chi connectivity index (χ4v) is 3.50. The van der Waals surface area contributed by atoms with Crippen LogP contribution < -0.4 is 10.7 Å². The molecule has 4 rings (SSSR count). The molecule has 0 unspecified atom stereocenters. The minimum absolute atomic E-state index is 0.209. The molecule has 2 heterocycles. The summed E-state index contributed by atoms with van der Waals surface area (Å²) < 4.78 is 5.86. The zero-order chi connectivity index (χ0) is 21.1. The van der Waals surface area contributed by atoms with Crippen molar-refractivity contribution in [3.05, 3.63) is 81.9 Å². The molecule has 0 aliphatic heterocycles. The summed E-state index contributed by atoms with van der Waals surface area (Å²) in [5, 5.41) is 7.52. The molecule has 0 atom stereocenters. The van der Waals surface area contributed by atoms with E-state index >= 15 is 0 Å². The molecule has 0 bridgehead atoms. The van der Waals surface area contributed by atoms with E-state index in [1.165, 1.54) is 6.20 Å². The number of hydrazone groups is 1. The van der Waals surface area contributed by atoms with Gasteiger partial charge in [-0.1, -0.05) is 29.8 Å². The molecule has 0 saturated carbocycles. The number of hydrogen-bond acceptors (Lipinski definition) is 5. The van der Waals surface area contributed by atoms with E-state index in [2.05, 4.69) is 20.8 Å². The van der Waals surface area contributed by atoms with E-state index < -0.39 is 5.91 Å². The second kappa shape index (κ2) is 8.51. The van der Waals surface area contributed by atoms with E-state index in [0.717, 1.165) is 12.0 Å². The van der Waals surface area contributed by atoms with E-state index in [-0.39, 0.29) is 11.7 Å². The van der Waals surface area contributed by atoms with E-state index in [9.17, 15) is 9.59 Å². The lowest BCUT2D eigenvalue weighted by atomic mass is 9.93. The van der Waals surface area contributed by atoms with Crippen molar-refractivity contribution in [3.63, 3.8) is 0 Å². The minimum atomic E-state index is -0.399. The lowest BCUT2D eigenvalue weighted by Crippen LogP contribution is -2.22. The number of aryl methyl sites for hydroxylation is 1. The maximum atomic E-state index is 12.7. The summed E-state index contributed by atoms with van der Waals surface area (Å²) in [5.41, 5.74) is 5.29. The van der Waals surface area contributed by atoms with Crippen molar-refractivity contribution in [1.82, 2.24) is 10.4 Å². The van der Waals surface area contributed by atoms with Crippen molar-refractivity contribution in [2.45, 2.75) is 26.2 Å². The molecule has 1 aliphatic rings. The largest absolute Gasteiger partial charge is 0.455 e. The molecule has 2 amide bonds. The van der Waals surface area contributed by atoms with Crippen molar-refractivity contribution in [3.8, 4) is 0 Å². The van der Waals surface area contributed by atoms with Crippen molar-refractivity contribution in [2.75, 3.05) is 5.32 Å². The summed E-state index contributed by atoms with van der Waals surface area (Å²) in [6.07, 6.45) is 3.66. The van der Waals surface area contributed by atoms with Crippen LogP contribution in [0.15, 0.2) is 58.2 Å². The van der Waals surface area contributed by atoms with E-state index in [0.29, 0.717) is 46.3 Å². The van der Waals surface area contributed by atoms with Gasteiger partial charge in [0.25, 0.3) is 11.8 Å². The third-order valence-electron chi connectivity index (χ3n) is 4.83. The monoisotopic (exact) mass is 422 g/mol. The number of carbonyl (C=O) groups is 2. The van der Waals surface area contributed by atoms with Crippen LogP contribution in [0, 0.1) is 6.92 Å². The predicted molar refractivity (Wildman–Crippen MR) is 114 cm³/mol. The van der Waals surface area contributed by atoms with Crippen LogP contribution in [0.3, 0.4) is 0 Å². The number of rotatable bonds is 4. The van der Waals surface area contributed by atoms with Crippen LogP contribution >= 0.6 is 11.6 Å². The Bertz CT molecular complexity index is 1120. The summed E-state index contributed by atoms with van der Waals surface area (Å²) in [6.45, 7) is 1.81. The molecule has 30 heavy (non-hydrogen) atoms. The number of nitrogens with one attached hydrogen (secondary N) is 2. The van der Waals surface area contributed by atoms with Crippen LogP contribution in [-0.4, -0.2) is 22.5 Å². The summed E-state index contributed by atoms with van der Waals surface area (Å²) in [5.74, 6) is 0.594. The Labute approximate surface area is 178 Å². The molecule has 152 valence electrons. The predicted octanol–water partition coefficient (Wildman–Crippen LogP) is 4.36. The molecule has 0 saturated heterocycles. The van der Waals surface area contributed by atoms with Crippen molar-refractivity contribution in [2.24, 2.45) is 5.10 Å². The number of pyridine rings is 1. The van der Waals surface area contributed by atoms with Crippen LogP contribution in [0.25, 0.3) is 0 Å². The van der Waals surface area contributed by atoms with Crippen LogP contribution in [0.1, 0.15) is 50.6 Å². The standard InChI is InChI=1S/C22H19ClN4O3/c1-13-19-16(26-27-21(28)14-6-3-2-4-7-14)8-5-9-17(19)30-20(13)22(29)25-18-11-10-15(23)12-24-18/h2-4,6-7,10-12H,5,8-9H2,1H3,(H,27,28)(H,24,25,29)/b26-16+. The number of fused-ring (bicyclic) bond motifs is 1. The Morgan fingerprint density at radius 2 is 1.90 bits per heavy atom. The van der Waals surface area contributed by atoms with Gasteiger partial charge in [0.2, 0.25) is 0 Å². The molecule has 2 N–H and O–H groups in total. The van der Waals surface area contributed by atoms with E-state index in [1.807, 2.05) is 13.0 Å². The highest BCUT2D eigenvalue weighted by atomic mass is 35.5. The van der Waals surface area contributed by atoms with Gasteiger partial charge < -0.3 is 9.73 Å². The molecule has 0 fully saturated rings. The quantitative estimate of drug-likeness (QED) is 0.610. The smallest absolute Gasteiger partial charge is 0.292 e. The highest BCUT2D eigenvalue weighted by Crippen LogP contribution is 2.30. The van der Waals surface area contributed by atoms with Gasteiger partial charge in [-0.25, -0.2) is 10.4 Å². The Morgan fingerprint density at radius 1 is 1.10 bits per heavy atom.